The van der Waals surface area contributed by atoms with Crippen LogP contribution in [-0.2, 0) is 16.8 Å². The number of carbonyl (C=O) groups is 1. The predicted molar refractivity (Wildman–Crippen MR) is 99.1 cm³/mol. The Bertz CT molecular complexity index is 855. The van der Waals surface area contributed by atoms with Crippen molar-refractivity contribution in [2.24, 2.45) is 0 Å². The second kappa shape index (κ2) is 7.33. The molecule has 0 saturated heterocycles. The second-order valence-corrected chi connectivity index (χ2v) is 7.37. The monoisotopic (exact) mass is 357 g/mol. The minimum Gasteiger partial charge on any atom is -0.383 e. The summed E-state index contributed by atoms with van der Waals surface area (Å²) in [6.45, 7) is 1.81. The zero-order chi connectivity index (χ0) is 17.9. The second-order valence-electron chi connectivity index (χ2n) is 6.29. The molecule has 0 radical (unpaired) electrons. The van der Waals surface area contributed by atoms with Gasteiger partial charge in [-0.2, -0.15) is 0 Å². The molecule has 3 rings (SSSR count). The minimum atomic E-state index is -1.14. The van der Waals surface area contributed by atoms with Gasteiger partial charge in [-0.25, -0.2) is 4.39 Å². The lowest BCUT2D eigenvalue weighted by molar-refractivity contribution is -0.122. The van der Waals surface area contributed by atoms with Crippen LogP contribution in [0.5, 0.6) is 0 Å². The molecule has 0 aliphatic rings. The Morgan fingerprint density at radius 1 is 1.20 bits per heavy atom. The smallest absolute Gasteiger partial charge is 0.220 e. The Morgan fingerprint density at radius 2 is 1.92 bits per heavy atom. The van der Waals surface area contributed by atoms with E-state index < -0.39 is 5.60 Å². The number of rotatable bonds is 6. The summed E-state index contributed by atoms with van der Waals surface area (Å²) in [5.41, 5.74) is -0.619. The minimum absolute atomic E-state index is 0.121. The van der Waals surface area contributed by atoms with Gasteiger partial charge < -0.3 is 10.4 Å². The number of aryl methyl sites for hydroxylation is 1. The normalized spacial score (nSPS) is 13.6. The largest absolute Gasteiger partial charge is 0.383 e. The Labute approximate surface area is 150 Å². The third-order valence-corrected chi connectivity index (χ3v) is 5.53. The van der Waals surface area contributed by atoms with E-state index in [0.717, 1.165) is 15.0 Å². The molecule has 130 valence electrons. The first-order valence-electron chi connectivity index (χ1n) is 8.17. The summed E-state index contributed by atoms with van der Waals surface area (Å²) in [7, 11) is 0. The summed E-state index contributed by atoms with van der Waals surface area (Å²) in [6, 6.07) is 16.3. The summed E-state index contributed by atoms with van der Waals surface area (Å²) < 4.78 is 14.7. The fourth-order valence-electron chi connectivity index (χ4n) is 2.64. The van der Waals surface area contributed by atoms with E-state index in [9.17, 15) is 14.3 Å². The van der Waals surface area contributed by atoms with Crippen LogP contribution in [0.25, 0.3) is 10.1 Å². The van der Waals surface area contributed by atoms with E-state index in [2.05, 4.69) is 5.32 Å². The highest BCUT2D eigenvalue weighted by molar-refractivity contribution is 7.19. The van der Waals surface area contributed by atoms with Crippen molar-refractivity contribution in [3.8, 4) is 0 Å². The number of aliphatic hydroxyl groups is 1. The van der Waals surface area contributed by atoms with Crippen LogP contribution in [-0.4, -0.2) is 17.6 Å². The molecule has 1 amide bonds. The van der Waals surface area contributed by atoms with Crippen molar-refractivity contribution in [1.29, 1.82) is 0 Å². The molecule has 0 spiro atoms. The number of hydrogen-bond donors (Lipinski definition) is 2. The maximum Gasteiger partial charge on any atom is 0.220 e. The number of fused-ring (bicyclic) bond motifs is 1. The first kappa shape index (κ1) is 17.6. The van der Waals surface area contributed by atoms with Gasteiger partial charge in [0.05, 0.1) is 6.54 Å². The van der Waals surface area contributed by atoms with Gasteiger partial charge in [0, 0.05) is 16.0 Å². The van der Waals surface area contributed by atoms with Crippen molar-refractivity contribution in [3.63, 3.8) is 0 Å². The summed E-state index contributed by atoms with van der Waals surface area (Å²) in [4.78, 5) is 12.8. The van der Waals surface area contributed by atoms with Gasteiger partial charge in [-0.15, -0.1) is 11.3 Å². The predicted octanol–water partition coefficient (Wildman–Crippen LogP) is 4.00. The van der Waals surface area contributed by atoms with Crippen LogP contribution in [0.3, 0.4) is 0 Å². The number of thiophene rings is 1. The Morgan fingerprint density at radius 3 is 2.68 bits per heavy atom. The zero-order valence-corrected chi connectivity index (χ0v) is 14.8. The average Bonchev–Trinajstić information content (AvgIpc) is 3.04. The van der Waals surface area contributed by atoms with E-state index in [0.29, 0.717) is 12.0 Å². The van der Waals surface area contributed by atoms with Crippen LogP contribution < -0.4 is 5.32 Å². The number of amides is 1. The van der Waals surface area contributed by atoms with Gasteiger partial charge in [0.2, 0.25) is 5.91 Å². The lowest BCUT2D eigenvalue weighted by Crippen LogP contribution is -2.38. The van der Waals surface area contributed by atoms with E-state index in [1.807, 2.05) is 30.3 Å². The highest BCUT2D eigenvalue weighted by atomic mass is 32.1. The summed E-state index contributed by atoms with van der Waals surface area (Å²) in [6.07, 6.45) is 0.521. The number of benzene rings is 2. The zero-order valence-electron chi connectivity index (χ0n) is 14.0. The topological polar surface area (TPSA) is 49.3 Å². The van der Waals surface area contributed by atoms with E-state index >= 15 is 0 Å². The van der Waals surface area contributed by atoms with Crippen molar-refractivity contribution in [2.45, 2.75) is 25.4 Å². The average molecular weight is 357 g/mol. The van der Waals surface area contributed by atoms with Crippen LogP contribution in [0, 0.1) is 5.82 Å². The summed E-state index contributed by atoms with van der Waals surface area (Å²) >= 11 is 1.52. The van der Waals surface area contributed by atoms with Gasteiger partial charge in [0.25, 0.3) is 0 Å². The maximum atomic E-state index is 13.6. The molecular weight excluding hydrogens is 337 g/mol. The highest BCUT2D eigenvalue weighted by Crippen LogP contribution is 2.32. The van der Waals surface area contributed by atoms with Crippen LogP contribution in [0.2, 0.25) is 0 Å². The number of nitrogens with one attached hydrogen (secondary N) is 1. The quantitative estimate of drug-likeness (QED) is 0.701. The lowest BCUT2D eigenvalue weighted by Gasteiger charge is -2.22. The van der Waals surface area contributed by atoms with E-state index in [4.69, 9.17) is 0 Å². The number of hydrogen-bond acceptors (Lipinski definition) is 3. The van der Waals surface area contributed by atoms with Crippen LogP contribution >= 0.6 is 11.3 Å². The van der Waals surface area contributed by atoms with Crippen molar-refractivity contribution >= 4 is 27.3 Å². The highest BCUT2D eigenvalue weighted by Gasteiger charge is 2.26. The molecule has 0 unspecified atom stereocenters. The Balaban J connectivity index is 1.58. The van der Waals surface area contributed by atoms with Gasteiger partial charge in [0.1, 0.15) is 11.4 Å². The van der Waals surface area contributed by atoms with Gasteiger partial charge in [-0.3, -0.25) is 4.79 Å². The molecule has 0 aliphatic carbocycles. The lowest BCUT2D eigenvalue weighted by atomic mass is 10.0. The van der Waals surface area contributed by atoms with Gasteiger partial charge >= 0.3 is 0 Å². The first-order chi connectivity index (χ1) is 12.0. The SMILES string of the molecule is C[C@](O)(CNC(=O)CCc1ccccc1F)c1cc2ccccc2s1. The van der Waals surface area contributed by atoms with Crippen LogP contribution in [0.1, 0.15) is 23.8 Å². The van der Waals surface area contributed by atoms with Crippen molar-refractivity contribution in [1.82, 2.24) is 5.32 Å². The standard InChI is InChI=1S/C20H20FNO2S/c1-20(24,18-12-15-7-3-5-9-17(15)25-18)13-22-19(23)11-10-14-6-2-4-8-16(14)21/h2-9,12,24H,10-11,13H2,1H3,(H,22,23)/t20-/m0/s1. The molecule has 0 aliphatic heterocycles. The van der Waals surface area contributed by atoms with E-state index in [1.165, 1.54) is 17.4 Å². The van der Waals surface area contributed by atoms with Gasteiger partial charge in [0.15, 0.2) is 0 Å². The van der Waals surface area contributed by atoms with Crippen LogP contribution in [0.4, 0.5) is 4.39 Å². The summed E-state index contributed by atoms with van der Waals surface area (Å²) in [5.74, 6) is -0.503. The van der Waals surface area contributed by atoms with Crippen molar-refractivity contribution < 1.29 is 14.3 Å². The molecule has 3 nitrogen and oxygen atoms in total. The van der Waals surface area contributed by atoms with Gasteiger partial charge in [-0.1, -0.05) is 36.4 Å². The molecular formula is C20H20FNO2S. The maximum absolute atomic E-state index is 13.6. The van der Waals surface area contributed by atoms with Gasteiger partial charge in [-0.05, 0) is 42.5 Å². The third-order valence-electron chi connectivity index (χ3n) is 4.17. The molecule has 1 heterocycles. The van der Waals surface area contributed by atoms with Crippen LogP contribution in [0.15, 0.2) is 54.6 Å². The van der Waals surface area contributed by atoms with Crippen molar-refractivity contribution in [2.75, 3.05) is 6.54 Å². The number of halogens is 1. The Kier molecular flexibility index (Phi) is 5.16. The molecule has 0 fully saturated rings. The number of carbonyl (C=O) groups excluding carboxylic acids is 1. The molecule has 1 atom stereocenters. The molecule has 2 N–H and O–H groups in total. The van der Waals surface area contributed by atoms with Crippen molar-refractivity contribution in [3.05, 3.63) is 70.9 Å². The van der Waals surface area contributed by atoms with E-state index in [1.54, 1.807) is 25.1 Å². The summed E-state index contributed by atoms with van der Waals surface area (Å²) in [5, 5.41) is 14.5. The molecule has 2 aromatic carbocycles. The molecule has 1 aromatic heterocycles. The molecule has 3 aromatic rings. The molecule has 0 saturated carbocycles. The molecule has 0 bridgehead atoms. The first-order valence-corrected chi connectivity index (χ1v) is 8.99. The Hall–Kier alpha value is -2.24. The third kappa shape index (κ3) is 4.24. The fourth-order valence-corrected chi connectivity index (χ4v) is 3.75. The van der Waals surface area contributed by atoms with E-state index in [-0.39, 0.29) is 24.7 Å². The molecule has 5 heteroatoms. The molecule has 25 heavy (non-hydrogen) atoms. The fraction of sp³-hybridized carbons (Fsp3) is 0.250.